The van der Waals surface area contributed by atoms with Crippen LogP contribution in [0.4, 0.5) is 0 Å². The smallest absolute Gasteiger partial charge is 0.211 e. The third kappa shape index (κ3) is 5.57. The third-order valence-electron chi connectivity index (χ3n) is 2.36. The molecule has 0 spiro atoms. The molecule has 4 nitrogen and oxygen atoms in total. The summed E-state index contributed by atoms with van der Waals surface area (Å²) in [6.07, 6.45) is 1.60. The summed E-state index contributed by atoms with van der Waals surface area (Å²) in [5.41, 5.74) is 5.46. The van der Waals surface area contributed by atoms with Gasteiger partial charge >= 0.3 is 0 Å². The van der Waals surface area contributed by atoms with Crippen molar-refractivity contribution in [1.29, 1.82) is 0 Å². The minimum absolute atomic E-state index is 0.0816. The lowest BCUT2D eigenvalue weighted by atomic mass is 10.1. The van der Waals surface area contributed by atoms with E-state index in [-0.39, 0.29) is 17.7 Å². The van der Waals surface area contributed by atoms with E-state index >= 15 is 0 Å². The van der Waals surface area contributed by atoms with Crippen LogP contribution in [0.25, 0.3) is 0 Å². The van der Waals surface area contributed by atoms with E-state index in [4.69, 9.17) is 5.73 Å². The first-order valence-corrected chi connectivity index (χ1v) is 6.78. The Morgan fingerprint density at radius 2 is 1.93 bits per heavy atom. The molecule has 2 unspecified atom stereocenters. The first kappa shape index (κ1) is 13.9. The van der Waals surface area contributed by atoms with Crippen LogP contribution in [0.15, 0.2) is 0 Å². The molecule has 5 heteroatoms. The van der Waals surface area contributed by atoms with Gasteiger partial charge in [0.15, 0.2) is 0 Å². The van der Waals surface area contributed by atoms with Gasteiger partial charge in [-0.15, -0.1) is 0 Å². The van der Waals surface area contributed by atoms with Crippen LogP contribution in [0, 0.1) is 5.92 Å². The van der Waals surface area contributed by atoms with Crippen molar-refractivity contribution in [3.63, 3.8) is 0 Å². The first-order chi connectivity index (χ1) is 6.43. The fourth-order valence-corrected chi connectivity index (χ4v) is 2.58. The van der Waals surface area contributed by atoms with Crippen LogP contribution in [0.5, 0.6) is 0 Å². The zero-order valence-electron chi connectivity index (χ0n) is 9.29. The van der Waals surface area contributed by atoms with Crippen LogP contribution in [0.1, 0.15) is 33.6 Å². The molecule has 0 fully saturated rings. The molecule has 0 saturated heterocycles. The minimum atomic E-state index is -3.10. The van der Waals surface area contributed by atoms with Crippen LogP contribution in [-0.4, -0.2) is 26.8 Å². The topological polar surface area (TPSA) is 72.2 Å². The second-order valence-electron chi connectivity index (χ2n) is 3.79. The Labute approximate surface area is 87.3 Å². The summed E-state index contributed by atoms with van der Waals surface area (Å²) in [5, 5.41) is 0. The predicted octanol–water partition coefficient (Wildman–Crippen LogP) is 0.689. The second kappa shape index (κ2) is 6.37. The lowest BCUT2D eigenvalue weighted by molar-refractivity contribution is 0.453. The largest absolute Gasteiger partial charge is 0.330 e. The Balaban J connectivity index is 4.08. The maximum atomic E-state index is 11.5. The predicted molar refractivity (Wildman–Crippen MR) is 59.5 cm³/mol. The summed E-state index contributed by atoms with van der Waals surface area (Å²) < 4.78 is 25.6. The molecule has 0 saturated carbocycles. The van der Waals surface area contributed by atoms with E-state index in [1.165, 1.54) is 0 Å². The summed E-state index contributed by atoms with van der Waals surface area (Å²) in [6, 6.07) is -0.0816. The number of rotatable bonds is 7. The van der Waals surface area contributed by atoms with Crippen molar-refractivity contribution in [1.82, 2.24) is 4.72 Å². The zero-order valence-corrected chi connectivity index (χ0v) is 10.1. The minimum Gasteiger partial charge on any atom is -0.330 e. The average molecular weight is 222 g/mol. The monoisotopic (exact) mass is 222 g/mol. The second-order valence-corrected chi connectivity index (χ2v) is 5.67. The van der Waals surface area contributed by atoms with E-state index in [0.29, 0.717) is 13.0 Å². The average Bonchev–Trinajstić information content (AvgIpc) is 2.12. The molecule has 0 amide bonds. The Bertz CT molecular complexity index is 239. The normalized spacial score (nSPS) is 16.6. The van der Waals surface area contributed by atoms with Gasteiger partial charge in [0, 0.05) is 6.04 Å². The van der Waals surface area contributed by atoms with Gasteiger partial charge < -0.3 is 5.73 Å². The van der Waals surface area contributed by atoms with E-state index in [1.54, 1.807) is 0 Å². The molecule has 86 valence electrons. The summed E-state index contributed by atoms with van der Waals surface area (Å²) in [7, 11) is -3.10. The molecule has 0 aliphatic rings. The third-order valence-corrected chi connectivity index (χ3v) is 3.91. The summed E-state index contributed by atoms with van der Waals surface area (Å²) in [5.74, 6) is 0.386. The van der Waals surface area contributed by atoms with Crippen LogP contribution in [0.3, 0.4) is 0 Å². The van der Waals surface area contributed by atoms with Crippen molar-refractivity contribution in [2.75, 3.05) is 12.3 Å². The van der Waals surface area contributed by atoms with Crippen LogP contribution >= 0.6 is 0 Å². The van der Waals surface area contributed by atoms with Gasteiger partial charge in [0.25, 0.3) is 0 Å². The molecule has 0 aromatic heterocycles. The molecular weight excluding hydrogens is 200 g/mol. The van der Waals surface area contributed by atoms with Crippen molar-refractivity contribution in [2.24, 2.45) is 11.7 Å². The van der Waals surface area contributed by atoms with Gasteiger partial charge in [0.05, 0.1) is 5.75 Å². The van der Waals surface area contributed by atoms with Crippen molar-refractivity contribution in [3.05, 3.63) is 0 Å². The van der Waals surface area contributed by atoms with Crippen LogP contribution < -0.4 is 10.5 Å². The Morgan fingerprint density at radius 1 is 1.36 bits per heavy atom. The van der Waals surface area contributed by atoms with Crippen LogP contribution in [0.2, 0.25) is 0 Å². The van der Waals surface area contributed by atoms with E-state index in [2.05, 4.69) is 4.72 Å². The molecule has 0 heterocycles. The summed E-state index contributed by atoms with van der Waals surface area (Å²) in [6.45, 7) is 6.26. The fraction of sp³-hybridized carbons (Fsp3) is 1.00. The molecule has 3 N–H and O–H groups in total. The summed E-state index contributed by atoms with van der Waals surface area (Å²) in [4.78, 5) is 0. The van der Waals surface area contributed by atoms with Crippen molar-refractivity contribution < 1.29 is 8.42 Å². The molecule has 0 aromatic carbocycles. The highest BCUT2D eigenvalue weighted by Crippen LogP contribution is 2.03. The van der Waals surface area contributed by atoms with Crippen molar-refractivity contribution in [3.8, 4) is 0 Å². The Hall–Kier alpha value is -0.130. The molecule has 0 aromatic rings. The maximum absolute atomic E-state index is 11.5. The molecule has 0 aliphatic carbocycles. The molecule has 0 radical (unpaired) electrons. The van der Waals surface area contributed by atoms with Gasteiger partial charge in [-0.2, -0.15) is 0 Å². The number of hydrogen-bond donors (Lipinski definition) is 2. The highest BCUT2D eigenvalue weighted by atomic mass is 32.2. The molecule has 0 aliphatic heterocycles. The number of hydrogen-bond acceptors (Lipinski definition) is 3. The number of unbranched alkanes of at least 4 members (excludes halogenated alkanes) is 1. The van der Waals surface area contributed by atoms with E-state index in [0.717, 1.165) is 6.42 Å². The molecular formula is C9H22N2O2S. The first-order valence-electron chi connectivity index (χ1n) is 5.13. The lowest BCUT2D eigenvalue weighted by Gasteiger charge is -2.19. The molecule has 14 heavy (non-hydrogen) atoms. The molecule has 0 bridgehead atoms. The van der Waals surface area contributed by atoms with E-state index < -0.39 is 10.0 Å². The van der Waals surface area contributed by atoms with Gasteiger partial charge in [-0.3, -0.25) is 0 Å². The quantitative estimate of drug-likeness (QED) is 0.665. The highest BCUT2D eigenvalue weighted by molar-refractivity contribution is 7.89. The fourth-order valence-electron chi connectivity index (χ4n) is 0.997. The van der Waals surface area contributed by atoms with Gasteiger partial charge in [-0.05, 0) is 25.8 Å². The highest BCUT2D eigenvalue weighted by Gasteiger charge is 2.17. The lowest BCUT2D eigenvalue weighted by Crippen LogP contribution is -2.40. The van der Waals surface area contributed by atoms with Crippen LogP contribution in [-0.2, 0) is 10.0 Å². The Morgan fingerprint density at radius 3 is 2.36 bits per heavy atom. The standard InChI is InChI=1S/C9H22N2O2S/c1-4-5-6-14(12,13)11-9(3)8(2)7-10/h8-9,11H,4-7,10H2,1-3H3. The van der Waals surface area contributed by atoms with Crippen molar-refractivity contribution >= 4 is 10.0 Å². The maximum Gasteiger partial charge on any atom is 0.211 e. The van der Waals surface area contributed by atoms with E-state index in [9.17, 15) is 8.42 Å². The Kier molecular flexibility index (Phi) is 6.31. The van der Waals surface area contributed by atoms with Gasteiger partial charge in [-0.25, -0.2) is 13.1 Å². The number of nitrogens with two attached hydrogens (primary N) is 1. The number of sulfonamides is 1. The van der Waals surface area contributed by atoms with E-state index in [1.807, 2.05) is 20.8 Å². The SMILES string of the molecule is CCCCS(=O)(=O)NC(C)C(C)CN. The van der Waals surface area contributed by atoms with Gasteiger partial charge in [-0.1, -0.05) is 20.3 Å². The van der Waals surface area contributed by atoms with Gasteiger partial charge in [0.2, 0.25) is 10.0 Å². The summed E-state index contributed by atoms with van der Waals surface area (Å²) >= 11 is 0. The zero-order chi connectivity index (χ0) is 11.2. The molecule has 0 rings (SSSR count). The van der Waals surface area contributed by atoms with Crippen molar-refractivity contribution in [2.45, 2.75) is 39.7 Å². The number of nitrogens with one attached hydrogen (secondary N) is 1. The van der Waals surface area contributed by atoms with Gasteiger partial charge in [0.1, 0.15) is 0 Å². The molecule has 2 atom stereocenters.